The van der Waals surface area contributed by atoms with E-state index >= 15 is 0 Å². The van der Waals surface area contributed by atoms with Crippen molar-refractivity contribution >= 4 is 15.9 Å². The van der Waals surface area contributed by atoms with Crippen LogP contribution in [0.3, 0.4) is 0 Å². The first-order chi connectivity index (χ1) is 7.60. The molecule has 1 rings (SSSR count). The molecule has 0 fully saturated rings. The Morgan fingerprint density at radius 1 is 1.38 bits per heavy atom. The third-order valence-electron chi connectivity index (χ3n) is 2.58. The average Bonchev–Trinajstić information content (AvgIpc) is 2.22. The van der Waals surface area contributed by atoms with Crippen LogP contribution in [0.2, 0.25) is 0 Å². The Morgan fingerprint density at radius 2 is 2.06 bits per heavy atom. The van der Waals surface area contributed by atoms with Crippen LogP contribution in [0, 0.1) is 5.92 Å². The third kappa shape index (κ3) is 3.22. The number of hydrogen-bond acceptors (Lipinski definition) is 2. The van der Waals surface area contributed by atoms with E-state index in [1.54, 1.807) is 0 Å². The molecule has 0 spiro atoms. The summed E-state index contributed by atoms with van der Waals surface area (Å²) in [5, 5.41) is 3.34. The maximum atomic E-state index is 5.66. The molecular weight excluding hydrogens is 266 g/mol. The van der Waals surface area contributed by atoms with Gasteiger partial charge < -0.3 is 10.1 Å². The first-order valence-electron chi connectivity index (χ1n) is 5.69. The van der Waals surface area contributed by atoms with Crippen LogP contribution in [-0.4, -0.2) is 13.7 Å². The van der Waals surface area contributed by atoms with Gasteiger partial charge in [0.1, 0.15) is 5.75 Å². The van der Waals surface area contributed by atoms with Crippen molar-refractivity contribution in [2.24, 2.45) is 5.92 Å². The quantitative estimate of drug-likeness (QED) is 0.889. The zero-order valence-corrected chi connectivity index (χ0v) is 12.0. The first kappa shape index (κ1) is 13.5. The monoisotopic (exact) mass is 285 g/mol. The highest BCUT2D eigenvalue weighted by Crippen LogP contribution is 2.32. The molecule has 0 aliphatic heterocycles. The van der Waals surface area contributed by atoms with Crippen LogP contribution in [0.15, 0.2) is 22.7 Å². The van der Waals surface area contributed by atoms with E-state index in [4.69, 9.17) is 4.74 Å². The van der Waals surface area contributed by atoms with Crippen LogP contribution in [0.5, 0.6) is 5.75 Å². The second kappa shape index (κ2) is 6.26. The molecule has 0 heterocycles. The molecular formula is C13H20BrNO. The molecule has 1 N–H and O–H groups in total. The smallest absolute Gasteiger partial charge is 0.124 e. The zero-order chi connectivity index (χ0) is 12.1. The minimum atomic E-state index is 0.319. The molecule has 1 atom stereocenters. The molecule has 1 aromatic rings. The van der Waals surface area contributed by atoms with E-state index in [9.17, 15) is 0 Å². The highest BCUT2D eigenvalue weighted by Gasteiger charge is 2.18. The normalized spacial score (nSPS) is 12.9. The number of rotatable bonds is 5. The molecule has 2 nitrogen and oxygen atoms in total. The fraction of sp³-hybridized carbons (Fsp3) is 0.538. The van der Waals surface area contributed by atoms with Crippen molar-refractivity contribution in [2.75, 3.05) is 13.7 Å². The standard InChI is InChI=1S/C13H20BrNO/c1-5-16-12-7-6-10(14)8-11(12)13(15-4)9(2)3/h6-9,13,15H,5H2,1-4H3. The van der Waals surface area contributed by atoms with Gasteiger partial charge in [-0.3, -0.25) is 0 Å². The van der Waals surface area contributed by atoms with Gasteiger partial charge in [0.25, 0.3) is 0 Å². The van der Waals surface area contributed by atoms with Crippen LogP contribution in [-0.2, 0) is 0 Å². The Labute approximate surface area is 107 Å². The molecule has 0 saturated carbocycles. The number of nitrogens with one attached hydrogen (secondary N) is 1. The van der Waals surface area contributed by atoms with Gasteiger partial charge in [0.05, 0.1) is 6.61 Å². The van der Waals surface area contributed by atoms with Crippen molar-refractivity contribution in [1.82, 2.24) is 5.32 Å². The lowest BCUT2D eigenvalue weighted by molar-refractivity contribution is 0.325. The molecule has 90 valence electrons. The molecule has 0 aliphatic rings. The molecule has 0 aromatic heterocycles. The van der Waals surface area contributed by atoms with Crippen molar-refractivity contribution in [1.29, 1.82) is 0 Å². The van der Waals surface area contributed by atoms with Crippen molar-refractivity contribution in [2.45, 2.75) is 26.8 Å². The van der Waals surface area contributed by atoms with E-state index in [1.165, 1.54) is 5.56 Å². The van der Waals surface area contributed by atoms with E-state index in [2.05, 4.69) is 41.2 Å². The molecule has 0 bridgehead atoms. The lowest BCUT2D eigenvalue weighted by Gasteiger charge is -2.23. The molecule has 1 unspecified atom stereocenters. The van der Waals surface area contributed by atoms with Gasteiger partial charge in [-0.25, -0.2) is 0 Å². The molecule has 0 radical (unpaired) electrons. The van der Waals surface area contributed by atoms with Crippen LogP contribution < -0.4 is 10.1 Å². The second-order valence-corrected chi connectivity index (χ2v) is 5.04. The van der Waals surface area contributed by atoms with Gasteiger partial charge in [-0.05, 0) is 38.1 Å². The Bertz CT molecular complexity index is 339. The van der Waals surface area contributed by atoms with Gasteiger partial charge in [-0.2, -0.15) is 0 Å². The Morgan fingerprint density at radius 3 is 2.56 bits per heavy atom. The van der Waals surface area contributed by atoms with E-state index < -0.39 is 0 Å². The van der Waals surface area contributed by atoms with Crippen molar-refractivity contribution in [3.8, 4) is 5.75 Å². The fourth-order valence-electron chi connectivity index (χ4n) is 1.90. The second-order valence-electron chi connectivity index (χ2n) is 4.13. The highest BCUT2D eigenvalue weighted by atomic mass is 79.9. The predicted molar refractivity (Wildman–Crippen MR) is 71.9 cm³/mol. The number of ether oxygens (including phenoxy) is 1. The van der Waals surface area contributed by atoms with Crippen LogP contribution in [0.1, 0.15) is 32.4 Å². The summed E-state index contributed by atoms with van der Waals surface area (Å²) in [7, 11) is 1.99. The van der Waals surface area contributed by atoms with E-state index in [0.717, 1.165) is 10.2 Å². The fourth-order valence-corrected chi connectivity index (χ4v) is 2.28. The molecule has 1 aromatic carbocycles. The number of benzene rings is 1. The van der Waals surface area contributed by atoms with E-state index in [1.807, 2.05) is 26.1 Å². The van der Waals surface area contributed by atoms with E-state index in [0.29, 0.717) is 18.6 Å². The summed E-state index contributed by atoms with van der Waals surface area (Å²) in [6.45, 7) is 7.12. The van der Waals surface area contributed by atoms with Crippen LogP contribution >= 0.6 is 15.9 Å². The number of hydrogen-bond donors (Lipinski definition) is 1. The van der Waals surface area contributed by atoms with Crippen molar-refractivity contribution in [3.05, 3.63) is 28.2 Å². The molecule has 0 aliphatic carbocycles. The average molecular weight is 286 g/mol. The summed E-state index contributed by atoms with van der Waals surface area (Å²) in [4.78, 5) is 0. The third-order valence-corrected chi connectivity index (χ3v) is 3.08. The maximum Gasteiger partial charge on any atom is 0.124 e. The summed E-state index contributed by atoms with van der Waals surface area (Å²) in [6.07, 6.45) is 0. The maximum absolute atomic E-state index is 5.66. The topological polar surface area (TPSA) is 21.3 Å². The highest BCUT2D eigenvalue weighted by molar-refractivity contribution is 9.10. The lowest BCUT2D eigenvalue weighted by Crippen LogP contribution is -2.22. The van der Waals surface area contributed by atoms with Crippen molar-refractivity contribution < 1.29 is 4.74 Å². The lowest BCUT2D eigenvalue weighted by atomic mass is 9.95. The SMILES string of the molecule is CCOc1ccc(Br)cc1C(NC)C(C)C. The van der Waals surface area contributed by atoms with Gasteiger partial charge in [0.2, 0.25) is 0 Å². The summed E-state index contributed by atoms with van der Waals surface area (Å²) in [5.41, 5.74) is 1.22. The number of halogens is 1. The largest absolute Gasteiger partial charge is 0.494 e. The van der Waals surface area contributed by atoms with Gasteiger partial charge in [-0.15, -0.1) is 0 Å². The van der Waals surface area contributed by atoms with Gasteiger partial charge in [0.15, 0.2) is 0 Å². The van der Waals surface area contributed by atoms with Crippen LogP contribution in [0.4, 0.5) is 0 Å². The molecule has 0 amide bonds. The van der Waals surface area contributed by atoms with E-state index in [-0.39, 0.29) is 0 Å². The minimum absolute atomic E-state index is 0.319. The van der Waals surface area contributed by atoms with Gasteiger partial charge >= 0.3 is 0 Å². The molecule has 16 heavy (non-hydrogen) atoms. The zero-order valence-electron chi connectivity index (χ0n) is 10.4. The summed E-state index contributed by atoms with van der Waals surface area (Å²) in [6, 6.07) is 6.49. The Balaban J connectivity index is 3.11. The Kier molecular flexibility index (Phi) is 5.29. The summed E-state index contributed by atoms with van der Waals surface area (Å²) in [5.74, 6) is 1.50. The molecule has 3 heteroatoms. The summed E-state index contributed by atoms with van der Waals surface area (Å²) >= 11 is 3.51. The minimum Gasteiger partial charge on any atom is -0.494 e. The Hall–Kier alpha value is -0.540. The van der Waals surface area contributed by atoms with Crippen LogP contribution in [0.25, 0.3) is 0 Å². The summed E-state index contributed by atoms with van der Waals surface area (Å²) < 4.78 is 6.75. The first-order valence-corrected chi connectivity index (χ1v) is 6.49. The van der Waals surface area contributed by atoms with Crippen molar-refractivity contribution in [3.63, 3.8) is 0 Å². The molecule has 0 saturated heterocycles. The van der Waals surface area contributed by atoms with Gasteiger partial charge in [-0.1, -0.05) is 29.8 Å². The predicted octanol–water partition coefficient (Wildman–Crippen LogP) is 3.76. The van der Waals surface area contributed by atoms with Gasteiger partial charge in [0, 0.05) is 16.1 Å².